The van der Waals surface area contributed by atoms with Gasteiger partial charge >= 0.3 is 0 Å². The molecule has 1 aromatic carbocycles. The third kappa shape index (κ3) is 2.18. The van der Waals surface area contributed by atoms with Crippen molar-refractivity contribution in [3.63, 3.8) is 0 Å². The van der Waals surface area contributed by atoms with Crippen molar-refractivity contribution in [3.05, 3.63) is 44.9 Å². The van der Waals surface area contributed by atoms with Gasteiger partial charge in [0.05, 0.1) is 16.3 Å². The van der Waals surface area contributed by atoms with Gasteiger partial charge in [0.25, 0.3) is 0 Å². The summed E-state index contributed by atoms with van der Waals surface area (Å²) in [6.07, 6.45) is 1.70. The molecular formula is C11H11FIN3. The van der Waals surface area contributed by atoms with Gasteiger partial charge in [-0.15, -0.1) is 0 Å². The van der Waals surface area contributed by atoms with Crippen LogP contribution in [0.4, 0.5) is 10.2 Å². The van der Waals surface area contributed by atoms with Crippen molar-refractivity contribution in [2.24, 2.45) is 0 Å². The van der Waals surface area contributed by atoms with Crippen LogP contribution in [-0.2, 0) is 6.54 Å². The number of aryl methyl sites for hydroxylation is 1. The molecule has 84 valence electrons. The fourth-order valence-corrected chi connectivity index (χ4v) is 1.87. The SMILES string of the molecule is Cc1ccc(F)cc1Cn1ncc(I)c1N. The Bertz CT molecular complexity index is 522. The van der Waals surface area contributed by atoms with Gasteiger partial charge in [0.15, 0.2) is 0 Å². The molecule has 0 bridgehead atoms. The molecule has 0 saturated carbocycles. The Hall–Kier alpha value is -1.11. The Morgan fingerprint density at radius 2 is 2.25 bits per heavy atom. The van der Waals surface area contributed by atoms with Crippen LogP contribution in [0.15, 0.2) is 24.4 Å². The average Bonchev–Trinajstić information content (AvgIpc) is 2.55. The van der Waals surface area contributed by atoms with Gasteiger partial charge in [-0.05, 0) is 52.8 Å². The summed E-state index contributed by atoms with van der Waals surface area (Å²) in [5.41, 5.74) is 7.77. The molecule has 3 nitrogen and oxygen atoms in total. The molecule has 0 amide bonds. The lowest BCUT2D eigenvalue weighted by Gasteiger charge is -2.07. The first kappa shape index (κ1) is 11.4. The zero-order valence-corrected chi connectivity index (χ0v) is 10.9. The summed E-state index contributed by atoms with van der Waals surface area (Å²) in [6.45, 7) is 2.44. The van der Waals surface area contributed by atoms with Gasteiger partial charge in [-0.2, -0.15) is 5.10 Å². The van der Waals surface area contributed by atoms with E-state index in [1.165, 1.54) is 12.1 Å². The largest absolute Gasteiger partial charge is 0.383 e. The molecule has 0 fully saturated rings. The molecule has 2 rings (SSSR count). The topological polar surface area (TPSA) is 43.8 Å². The molecule has 0 radical (unpaired) electrons. The lowest BCUT2D eigenvalue weighted by Crippen LogP contribution is -2.07. The van der Waals surface area contributed by atoms with E-state index < -0.39 is 0 Å². The number of nitrogens with zero attached hydrogens (tertiary/aromatic N) is 2. The van der Waals surface area contributed by atoms with E-state index in [9.17, 15) is 4.39 Å². The summed E-state index contributed by atoms with van der Waals surface area (Å²) in [5.74, 6) is 0.380. The first-order chi connectivity index (χ1) is 7.58. The van der Waals surface area contributed by atoms with Crippen LogP contribution in [0.5, 0.6) is 0 Å². The van der Waals surface area contributed by atoms with Crippen LogP contribution in [0.2, 0.25) is 0 Å². The third-order valence-electron chi connectivity index (χ3n) is 2.46. The van der Waals surface area contributed by atoms with Crippen molar-refractivity contribution in [2.45, 2.75) is 13.5 Å². The van der Waals surface area contributed by atoms with E-state index >= 15 is 0 Å². The van der Waals surface area contributed by atoms with Gasteiger partial charge < -0.3 is 5.73 Å². The molecule has 2 N–H and O–H groups in total. The maximum atomic E-state index is 13.1. The second kappa shape index (κ2) is 4.40. The third-order valence-corrected chi connectivity index (χ3v) is 3.30. The Morgan fingerprint density at radius 3 is 2.88 bits per heavy atom. The molecule has 0 spiro atoms. The highest BCUT2D eigenvalue weighted by Gasteiger charge is 2.07. The lowest BCUT2D eigenvalue weighted by molar-refractivity contribution is 0.619. The standard InChI is InChI=1S/C11H11FIN3/c1-7-2-3-9(12)4-8(7)6-16-11(14)10(13)5-15-16/h2-5H,6,14H2,1H3. The van der Waals surface area contributed by atoms with Crippen molar-refractivity contribution in [1.29, 1.82) is 0 Å². The number of hydrogen-bond donors (Lipinski definition) is 1. The number of halogens is 2. The highest BCUT2D eigenvalue weighted by Crippen LogP contribution is 2.17. The van der Waals surface area contributed by atoms with Crippen LogP contribution in [0, 0.1) is 16.3 Å². The molecule has 0 aliphatic rings. The first-order valence-electron chi connectivity index (χ1n) is 4.79. The number of nitrogen functional groups attached to an aromatic ring is 1. The fraction of sp³-hybridized carbons (Fsp3) is 0.182. The van der Waals surface area contributed by atoms with Gasteiger partial charge in [0, 0.05) is 0 Å². The number of nitrogens with two attached hydrogens (primary N) is 1. The van der Waals surface area contributed by atoms with Crippen molar-refractivity contribution in [1.82, 2.24) is 9.78 Å². The average molecular weight is 331 g/mol. The van der Waals surface area contributed by atoms with E-state index in [0.717, 1.165) is 14.7 Å². The zero-order chi connectivity index (χ0) is 11.7. The maximum Gasteiger partial charge on any atom is 0.135 e. The van der Waals surface area contributed by atoms with Gasteiger partial charge in [-0.3, -0.25) is 0 Å². The number of benzene rings is 1. The predicted octanol–water partition coefficient (Wildman–Crippen LogP) is 2.57. The Kier molecular flexibility index (Phi) is 3.13. The molecular weight excluding hydrogens is 320 g/mol. The fourth-order valence-electron chi connectivity index (χ4n) is 1.47. The molecule has 0 atom stereocenters. The molecule has 1 aromatic heterocycles. The van der Waals surface area contributed by atoms with Gasteiger partial charge in [0.2, 0.25) is 0 Å². The quantitative estimate of drug-likeness (QED) is 0.860. The normalized spacial score (nSPS) is 10.7. The molecule has 0 saturated heterocycles. The monoisotopic (exact) mass is 331 g/mol. The van der Waals surface area contributed by atoms with E-state index in [2.05, 4.69) is 27.7 Å². The highest BCUT2D eigenvalue weighted by atomic mass is 127. The molecule has 2 aromatic rings. The minimum atomic E-state index is -0.235. The summed E-state index contributed by atoms with van der Waals surface area (Å²) in [5, 5.41) is 4.14. The highest BCUT2D eigenvalue weighted by molar-refractivity contribution is 14.1. The Morgan fingerprint density at radius 1 is 1.50 bits per heavy atom. The van der Waals surface area contributed by atoms with Crippen LogP contribution in [0.1, 0.15) is 11.1 Å². The van der Waals surface area contributed by atoms with Crippen LogP contribution < -0.4 is 5.73 Å². The van der Waals surface area contributed by atoms with Crippen molar-refractivity contribution in [2.75, 3.05) is 5.73 Å². The molecule has 0 aliphatic carbocycles. The smallest absolute Gasteiger partial charge is 0.135 e. The summed E-state index contributed by atoms with van der Waals surface area (Å²) in [4.78, 5) is 0. The van der Waals surface area contributed by atoms with Crippen LogP contribution >= 0.6 is 22.6 Å². The Balaban J connectivity index is 2.33. The van der Waals surface area contributed by atoms with Crippen molar-refractivity contribution >= 4 is 28.4 Å². The van der Waals surface area contributed by atoms with E-state index in [1.54, 1.807) is 16.9 Å². The zero-order valence-electron chi connectivity index (χ0n) is 8.74. The van der Waals surface area contributed by atoms with Gasteiger partial charge in [-0.25, -0.2) is 9.07 Å². The molecule has 16 heavy (non-hydrogen) atoms. The van der Waals surface area contributed by atoms with Crippen molar-refractivity contribution < 1.29 is 4.39 Å². The van der Waals surface area contributed by atoms with Crippen LogP contribution in [0.3, 0.4) is 0 Å². The second-order valence-corrected chi connectivity index (χ2v) is 4.77. The van der Waals surface area contributed by atoms with Gasteiger partial charge in [-0.1, -0.05) is 6.07 Å². The van der Waals surface area contributed by atoms with Crippen LogP contribution in [0.25, 0.3) is 0 Å². The molecule has 0 unspecified atom stereocenters. The summed E-state index contributed by atoms with van der Waals surface area (Å²) >= 11 is 2.12. The van der Waals surface area contributed by atoms with Crippen molar-refractivity contribution in [3.8, 4) is 0 Å². The summed E-state index contributed by atoms with van der Waals surface area (Å²) < 4.78 is 15.7. The van der Waals surface area contributed by atoms with E-state index in [1.807, 2.05) is 6.92 Å². The Labute approximate surface area is 107 Å². The van der Waals surface area contributed by atoms with E-state index in [4.69, 9.17) is 5.73 Å². The maximum absolute atomic E-state index is 13.1. The second-order valence-electron chi connectivity index (χ2n) is 3.61. The van der Waals surface area contributed by atoms with Crippen LogP contribution in [-0.4, -0.2) is 9.78 Å². The first-order valence-corrected chi connectivity index (χ1v) is 5.87. The number of rotatable bonds is 2. The predicted molar refractivity (Wildman–Crippen MR) is 69.6 cm³/mol. The number of hydrogen-bond acceptors (Lipinski definition) is 2. The van der Waals surface area contributed by atoms with E-state index in [0.29, 0.717) is 12.4 Å². The number of anilines is 1. The molecule has 1 heterocycles. The minimum Gasteiger partial charge on any atom is -0.383 e. The van der Waals surface area contributed by atoms with Gasteiger partial charge in [0.1, 0.15) is 11.6 Å². The van der Waals surface area contributed by atoms with E-state index in [-0.39, 0.29) is 5.82 Å². The summed E-state index contributed by atoms with van der Waals surface area (Å²) in [6, 6.07) is 4.73. The minimum absolute atomic E-state index is 0.235. The summed E-state index contributed by atoms with van der Waals surface area (Å²) in [7, 11) is 0. The molecule has 0 aliphatic heterocycles. The molecule has 5 heteroatoms. The number of aromatic nitrogens is 2. The lowest BCUT2D eigenvalue weighted by atomic mass is 10.1.